The highest BCUT2D eigenvalue weighted by Crippen LogP contribution is 2.41. The van der Waals surface area contributed by atoms with Crippen LogP contribution in [0.5, 0.6) is 0 Å². The second-order valence-corrected chi connectivity index (χ2v) is 7.14. The van der Waals surface area contributed by atoms with E-state index in [-0.39, 0.29) is 11.7 Å². The van der Waals surface area contributed by atoms with Gasteiger partial charge in [0, 0.05) is 18.1 Å². The first kappa shape index (κ1) is 18.1. The Balaban J connectivity index is 1.97. The quantitative estimate of drug-likeness (QED) is 0.679. The number of ketones is 1. The highest BCUT2D eigenvalue weighted by atomic mass is 32.2. The van der Waals surface area contributed by atoms with Crippen molar-refractivity contribution in [1.29, 1.82) is 0 Å². The van der Waals surface area contributed by atoms with Crippen molar-refractivity contribution in [3.8, 4) is 11.4 Å². The van der Waals surface area contributed by atoms with E-state index in [9.17, 15) is 14.0 Å². The van der Waals surface area contributed by atoms with Crippen molar-refractivity contribution < 1.29 is 14.0 Å². The normalized spacial score (nSPS) is 13.5. The second kappa shape index (κ2) is 7.05. The Morgan fingerprint density at radius 3 is 2.21 bits per heavy atom. The van der Waals surface area contributed by atoms with Gasteiger partial charge in [-0.25, -0.2) is 9.40 Å². The molecule has 0 radical (unpaired) electrons. The van der Waals surface area contributed by atoms with Crippen molar-refractivity contribution in [1.82, 2.24) is 14.9 Å². The van der Waals surface area contributed by atoms with Crippen LogP contribution < -0.4 is 5.01 Å². The summed E-state index contributed by atoms with van der Waals surface area (Å²) in [7, 11) is 0. The maximum Gasteiger partial charge on any atom is 0.243 e. The summed E-state index contributed by atoms with van der Waals surface area (Å²) in [5.41, 5.74) is 1.71. The maximum absolute atomic E-state index is 13.4. The number of amides is 1. The minimum atomic E-state index is -0.401. The van der Waals surface area contributed by atoms with E-state index in [0.717, 1.165) is 17.3 Å². The molecule has 8 heteroatoms. The van der Waals surface area contributed by atoms with Crippen molar-refractivity contribution in [2.75, 3.05) is 5.01 Å². The molecule has 140 valence electrons. The molecule has 1 aliphatic rings. The van der Waals surface area contributed by atoms with E-state index in [0.29, 0.717) is 27.1 Å². The fourth-order valence-corrected chi connectivity index (χ4v) is 3.97. The number of halogens is 1. The van der Waals surface area contributed by atoms with Gasteiger partial charge in [0.1, 0.15) is 5.82 Å². The molecule has 0 atom stereocenters. The number of thioether (sulfide) groups is 1. The van der Waals surface area contributed by atoms with Crippen LogP contribution in [-0.4, -0.2) is 26.6 Å². The second-order valence-electron chi connectivity index (χ2n) is 6.16. The lowest BCUT2D eigenvalue weighted by Crippen LogP contribution is -2.41. The molecular weight excluding hydrogens is 379 g/mol. The lowest BCUT2D eigenvalue weighted by atomic mass is 10.1. The Hall–Kier alpha value is -3.26. The van der Waals surface area contributed by atoms with Gasteiger partial charge in [-0.2, -0.15) is 4.68 Å². The molecule has 0 aliphatic carbocycles. The third-order valence-corrected chi connectivity index (χ3v) is 5.32. The van der Waals surface area contributed by atoms with E-state index >= 15 is 0 Å². The van der Waals surface area contributed by atoms with Gasteiger partial charge in [0.05, 0.1) is 10.6 Å². The van der Waals surface area contributed by atoms with Gasteiger partial charge in [-0.3, -0.25) is 9.59 Å². The van der Waals surface area contributed by atoms with Crippen LogP contribution in [-0.2, 0) is 9.59 Å². The fourth-order valence-electron chi connectivity index (χ4n) is 3.01. The number of hydrogen-bond acceptors (Lipinski definition) is 5. The lowest BCUT2D eigenvalue weighted by molar-refractivity contribution is -0.117. The van der Waals surface area contributed by atoms with Crippen LogP contribution in [0.4, 0.5) is 4.39 Å². The van der Waals surface area contributed by atoms with Crippen LogP contribution in [0.1, 0.15) is 19.4 Å². The molecule has 2 aromatic carbocycles. The van der Waals surface area contributed by atoms with E-state index in [2.05, 4.69) is 10.2 Å². The average Bonchev–Trinajstić information content (AvgIpc) is 3.11. The summed E-state index contributed by atoms with van der Waals surface area (Å²) in [6.45, 7) is 2.82. The number of Topliss-reactive ketones (excluding diaryl/α,β-unsaturated/α-hetero) is 1. The number of allylic oxidation sites excluding steroid dienone is 1. The van der Waals surface area contributed by atoms with Gasteiger partial charge in [-0.1, -0.05) is 30.3 Å². The van der Waals surface area contributed by atoms with Gasteiger partial charge in [-0.05, 0) is 43.0 Å². The van der Waals surface area contributed by atoms with Gasteiger partial charge in [0.15, 0.2) is 11.6 Å². The van der Waals surface area contributed by atoms with Crippen LogP contribution in [0, 0.1) is 5.82 Å². The first-order valence-corrected chi connectivity index (χ1v) is 9.30. The van der Waals surface area contributed by atoms with Gasteiger partial charge in [0.2, 0.25) is 11.1 Å². The minimum Gasteiger partial charge on any atom is -0.294 e. The molecular formula is C20H15FN4O2S. The molecule has 4 rings (SSSR count). The fraction of sp³-hybridized carbons (Fsp3) is 0.100. The lowest BCUT2D eigenvalue weighted by Gasteiger charge is -2.32. The van der Waals surface area contributed by atoms with Crippen LogP contribution in [0.2, 0.25) is 0 Å². The summed E-state index contributed by atoms with van der Waals surface area (Å²) in [6.07, 6.45) is 0. The predicted octanol–water partition coefficient (Wildman–Crippen LogP) is 3.63. The number of rotatable bonds is 3. The largest absolute Gasteiger partial charge is 0.294 e. The summed E-state index contributed by atoms with van der Waals surface area (Å²) < 4.78 is 15.0. The van der Waals surface area contributed by atoms with Crippen LogP contribution in [0.3, 0.4) is 0 Å². The number of hydrogen-bond donors (Lipinski definition) is 0. The zero-order chi connectivity index (χ0) is 19.8. The van der Waals surface area contributed by atoms with Crippen molar-refractivity contribution in [2.24, 2.45) is 0 Å². The third-order valence-electron chi connectivity index (χ3n) is 4.20. The Labute approximate surface area is 164 Å². The molecule has 0 saturated carbocycles. The molecule has 0 spiro atoms. The monoisotopic (exact) mass is 394 g/mol. The Morgan fingerprint density at radius 1 is 0.929 bits per heavy atom. The number of aromatic nitrogens is 3. The van der Waals surface area contributed by atoms with Crippen LogP contribution >= 0.6 is 11.8 Å². The highest BCUT2D eigenvalue weighted by molar-refractivity contribution is 8.04. The molecule has 1 amide bonds. The molecule has 0 fully saturated rings. The minimum absolute atomic E-state index is 0.217. The third kappa shape index (κ3) is 3.01. The van der Waals surface area contributed by atoms with Gasteiger partial charge < -0.3 is 0 Å². The van der Waals surface area contributed by atoms with E-state index in [4.69, 9.17) is 0 Å². The number of carbonyl (C=O) groups excluding carboxylic acids is 2. The molecule has 3 aromatic rings. The van der Waals surface area contributed by atoms with E-state index in [1.165, 1.54) is 31.0 Å². The topological polar surface area (TPSA) is 68.1 Å². The summed E-state index contributed by atoms with van der Waals surface area (Å²) in [5.74, 6) is -0.468. The summed E-state index contributed by atoms with van der Waals surface area (Å²) in [4.78, 5) is 25.4. The van der Waals surface area contributed by atoms with Crippen molar-refractivity contribution >= 4 is 29.1 Å². The highest BCUT2D eigenvalue weighted by Gasteiger charge is 2.35. The molecule has 0 bridgehead atoms. The zero-order valence-electron chi connectivity index (χ0n) is 15.1. The van der Waals surface area contributed by atoms with Gasteiger partial charge in [0.25, 0.3) is 0 Å². The van der Waals surface area contributed by atoms with Crippen molar-refractivity contribution in [3.63, 3.8) is 0 Å². The van der Waals surface area contributed by atoms with Crippen molar-refractivity contribution in [3.05, 3.63) is 70.9 Å². The first-order valence-electron chi connectivity index (χ1n) is 8.48. The Bertz CT molecular complexity index is 1110. The first-order chi connectivity index (χ1) is 13.5. The van der Waals surface area contributed by atoms with E-state index in [1.807, 2.05) is 30.3 Å². The molecule has 6 nitrogen and oxygen atoms in total. The predicted molar refractivity (Wildman–Crippen MR) is 104 cm³/mol. The number of carbonyl (C=O) groups is 2. The summed E-state index contributed by atoms with van der Waals surface area (Å²) >= 11 is 1.14. The molecule has 28 heavy (non-hydrogen) atoms. The van der Waals surface area contributed by atoms with E-state index in [1.54, 1.807) is 16.8 Å². The molecule has 1 aliphatic heterocycles. The van der Waals surface area contributed by atoms with Gasteiger partial charge >= 0.3 is 0 Å². The smallest absolute Gasteiger partial charge is 0.243 e. The standard InChI is InChI=1S/C20H15FN4O2S/c1-12(26)18-17(14-8-10-16(21)11-9-14)24(13(2)27)25-19(22-23-20(25)28-18)15-6-4-3-5-7-15/h3-11H,1-2H3. The molecule has 0 unspecified atom stereocenters. The van der Waals surface area contributed by atoms with Crippen molar-refractivity contribution in [2.45, 2.75) is 19.0 Å². The van der Waals surface area contributed by atoms with Gasteiger partial charge in [-0.15, -0.1) is 10.2 Å². The average molecular weight is 394 g/mol. The zero-order valence-corrected chi connectivity index (χ0v) is 15.9. The molecule has 0 saturated heterocycles. The summed E-state index contributed by atoms with van der Waals surface area (Å²) in [5, 5.41) is 10.2. The SMILES string of the molecule is CC(=O)C1=C(c2ccc(F)cc2)N(C(C)=O)n2c(nnc2-c2ccccc2)S1. The number of fused-ring (bicyclic) bond motifs is 1. The molecule has 1 aromatic heterocycles. The summed E-state index contributed by atoms with van der Waals surface area (Å²) in [6, 6.07) is 15.0. The maximum atomic E-state index is 13.4. The van der Waals surface area contributed by atoms with Crippen LogP contribution in [0.15, 0.2) is 64.7 Å². The Kier molecular flexibility index (Phi) is 4.56. The molecule has 2 heterocycles. The number of benzene rings is 2. The van der Waals surface area contributed by atoms with Crippen LogP contribution in [0.25, 0.3) is 17.1 Å². The molecule has 0 N–H and O–H groups in total. The number of nitrogens with zero attached hydrogens (tertiary/aromatic N) is 4. The van der Waals surface area contributed by atoms with E-state index < -0.39 is 5.82 Å². The Morgan fingerprint density at radius 2 is 1.61 bits per heavy atom.